The molecule has 2 rings (SSSR count). The largest absolute Gasteiger partial charge is 0.497 e. The Labute approximate surface area is 116 Å². The lowest BCUT2D eigenvalue weighted by Crippen LogP contribution is -2.12. The summed E-state index contributed by atoms with van der Waals surface area (Å²) >= 11 is 5.97. The summed E-state index contributed by atoms with van der Waals surface area (Å²) in [6.07, 6.45) is 0. The third kappa shape index (κ3) is 3.17. The first kappa shape index (κ1) is 13.2. The fourth-order valence-electron chi connectivity index (χ4n) is 1.62. The average Bonchev–Trinajstić information content (AvgIpc) is 2.41. The van der Waals surface area contributed by atoms with Crippen molar-refractivity contribution in [2.24, 2.45) is 0 Å². The van der Waals surface area contributed by atoms with Crippen molar-refractivity contribution >= 4 is 28.9 Å². The van der Waals surface area contributed by atoms with E-state index >= 15 is 0 Å². The van der Waals surface area contributed by atoms with Crippen molar-refractivity contribution in [3.63, 3.8) is 0 Å². The molecular weight excluding hydrogens is 264 g/mol. The monoisotopic (exact) mass is 276 g/mol. The number of nitrogens with one attached hydrogen (secondary N) is 1. The molecule has 19 heavy (non-hydrogen) atoms. The van der Waals surface area contributed by atoms with Gasteiger partial charge in [-0.05, 0) is 30.3 Å². The molecule has 0 heterocycles. The molecule has 0 atom stereocenters. The van der Waals surface area contributed by atoms with E-state index in [0.717, 1.165) is 0 Å². The number of amides is 1. The molecule has 0 aliphatic heterocycles. The summed E-state index contributed by atoms with van der Waals surface area (Å²) in [4.78, 5) is 12.1. The fraction of sp³-hybridized carbons (Fsp3) is 0.0714. The number of methoxy groups -OCH3 is 1. The first-order chi connectivity index (χ1) is 9.10. The highest BCUT2D eigenvalue weighted by atomic mass is 35.5. The molecule has 0 saturated heterocycles. The van der Waals surface area contributed by atoms with Crippen LogP contribution in [0.4, 0.5) is 11.4 Å². The standard InChI is InChI=1S/C14H13ClN2O2/c1-19-11-4-2-3-10(8-11)17-14(18)12-7-9(16)5-6-13(12)15/h2-8H,16H2,1H3,(H,17,18). The molecule has 0 aliphatic rings. The molecule has 0 bridgehead atoms. The van der Waals surface area contributed by atoms with E-state index in [9.17, 15) is 4.79 Å². The highest BCUT2D eigenvalue weighted by Gasteiger charge is 2.11. The summed E-state index contributed by atoms with van der Waals surface area (Å²) in [5, 5.41) is 3.10. The predicted octanol–water partition coefficient (Wildman–Crippen LogP) is 3.18. The van der Waals surface area contributed by atoms with E-state index in [1.165, 1.54) is 6.07 Å². The lowest BCUT2D eigenvalue weighted by Gasteiger charge is -2.08. The Balaban J connectivity index is 2.23. The molecule has 98 valence electrons. The van der Waals surface area contributed by atoms with Gasteiger partial charge in [0.2, 0.25) is 0 Å². The van der Waals surface area contributed by atoms with Crippen molar-refractivity contribution in [3.8, 4) is 5.75 Å². The summed E-state index contributed by atoms with van der Waals surface area (Å²) in [7, 11) is 1.57. The Bertz CT molecular complexity index is 614. The maximum Gasteiger partial charge on any atom is 0.257 e. The van der Waals surface area contributed by atoms with Gasteiger partial charge in [-0.3, -0.25) is 4.79 Å². The van der Waals surface area contributed by atoms with Gasteiger partial charge < -0.3 is 15.8 Å². The highest BCUT2D eigenvalue weighted by molar-refractivity contribution is 6.34. The van der Waals surface area contributed by atoms with Crippen LogP contribution in [-0.4, -0.2) is 13.0 Å². The SMILES string of the molecule is COc1cccc(NC(=O)c2cc(N)ccc2Cl)c1. The van der Waals surface area contributed by atoms with Crippen LogP contribution >= 0.6 is 11.6 Å². The number of hydrogen-bond donors (Lipinski definition) is 2. The molecule has 4 nitrogen and oxygen atoms in total. The van der Waals surface area contributed by atoms with Crippen molar-refractivity contribution in [2.45, 2.75) is 0 Å². The lowest BCUT2D eigenvalue weighted by molar-refractivity contribution is 0.102. The number of rotatable bonds is 3. The number of carbonyl (C=O) groups excluding carboxylic acids is 1. The molecule has 2 aromatic carbocycles. The van der Waals surface area contributed by atoms with Gasteiger partial charge in [0.05, 0.1) is 17.7 Å². The third-order valence-corrected chi connectivity index (χ3v) is 2.89. The molecule has 1 amide bonds. The Hall–Kier alpha value is -2.20. The van der Waals surface area contributed by atoms with Gasteiger partial charge in [0, 0.05) is 17.4 Å². The summed E-state index contributed by atoms with van der Waals surface area (Å²) < 4.78 is 5.09. The van der Waals surface area contributed by atoms with Gasteiger partial charge in [0.15, 0.2) is 0 Å². The second-order valence-corrected chi connectivity index (χ2v) is 4.33. The number of hydrogen-bond acceptors (Lipinski definition) is 3. The fourth-order valence-corrected chi connectivity index (χ4v) is 1.82. The summed E-state index contributed by atoms with van der Waals surface area (Å²) in [5.74, 6) is 0.349. The number of ether oxygens (including phenoxy) is 1. The topological polar surface area (TPSA) is 64.3 Å². The van der Waals surface area contributed by atoms with Crippen LogP contribution in [0.1, 0.15) is 10.4 Å². The van der Waals surface area contributed by atoms with Crippen LogP contribution in [-0.2, 0) is 0 Å². The summed E-state index contributed by atoms with van der Waals surface area (Å²) in [6.45, 7) is 0. The Morgan fingerprint density at radius 2 is 2.05 bits per heavy atom. The number of halogens is 1. The van der Waals surface area contributed by atoms with E-state index in [1.807, 2.05) is 0 Å². The zero-order chi connectivity index (χ0) is 13.8. The summed E-state index contributed by atoms with van der Waals surface area (Å²) in [5.41, 5.74) is 7.10. The van der Waals surface area contributed by atoms with Crippen molar-refractivity contribution in [2.75, 3.05) is 18.2 Å². The molecule has 0 saturated carbocycles. The van der Waals surface area contributed by atoms with Crippen LogP contribution in [0.25, 0.3) is 0 Å². The van der Waals surface area contributed by atoms with E-state index in [2.05, 4.69) is 5.32 Å². The molecule has 0 aromatic heterocycles. The number of nitrogens with two attached hydrogens (primary N) is 1. The van der Waals surface area contributed by atoms with Gasteiger partial charge in [-0.15, -0.1) is 0 Å². The number of carbonyl (C=O) groups is 1. The van der Waals surface area contributed by atoms with Crippen LogP contribution in [0, 0.1) is 0 Å². The zero-order valence-corrected chi connectivity index (χ0v) is 11.1. The van der Waals surface area contributed by atoms with E-state index in [0.29, 0.717) is 27.7 Å². The van der Waals surface area contributed by atoms with E-state index in [1.54, 1.807) is 43.5 Å². The van der Waals surface area contributed by atoms with Gasteiger partial charge in [0.1, 0.15) is 5.75 Å². The van der Waals surface area contributed by atoms with Gasteiger partial charge >= 0.3 is 0 Å². The molecule has 0 radical (unpaired) electrons. The molecule has 0 aliphatic carbocycles. The zero-order valence-electron chi connectivity index (χ0n) is 10.3. The first-order valence-electron chi connectivity index (χ1n) is 5.60. The minimum atomic E-state index is -0.314. The smallest absolute Gasteiger partial charge is 0.257 e. The minimum absolute atomic E-state index is 0.314. The quantitative estimate of drug-likeness (QED) is 0.846. The summed E-state index contributed by atoms with van der Waals surface area (Å²) in [6, 6.07) is 11.8. The molecule has 0 spiro atoms. The third-order valence-electron chi connectivity index (χ3n) is 2.56. The van der Waals surface area contributed by atoms with Crippen molar-refractivity contribution in [3.05, 3.63) is 53.1 Å². The molecule has 5 heteroatoms. The van der Waals surface area contributed by atoms with Crippen molar-refractivity contribution in [1.82, 2.24) is 0 Å². The Kier molecular flexibility index (Phi) is 3.92. The van der Waals surface area contributed by atoms with Crippen LogP contribution < -0.4 is 15.8 Å². The molecule has 3 N–H and O–H groups in total. The van der Waals surface area contributed by atoms with Crippen LogP contribution in [0.2, 0.25) is 5.02 Å². The number of benzene rings is 2. The second-order valence-electron chi connectivity index (χ2n) is 3.93. The van der Waals surface area contributed by atoms with Crippen LogP contribution in [0.3, 0.4) is 0 Å². The van der Waals surface area contributed by atoms with E-state index < -0.39 is 0 Å². The van der Waals surface area contributed by atoms with E-state index in [4.69, 9.17) is 22.1 Å². The van der Waals surface area contributed by atoms with Gasteiger partial charge in [-0.1, -0.05) is 17.7 Å². The van der Waals surface area contributed by atoms with Gasteiger partial charge in [-0.25, -0.2) is 0 Å². The van der Waals surface area contributed by atoms with E-state index in [-0.39, 0.29) is 5.91 Å². The van der Waals surface area contributed by atoms with Gasteiger partial charge in [-0.2, -0.15) is 0 Å². The number of anilines is 2. The Morgan fingerprint density at radius 3 is 2.79 bits per heavy atom. The lowest BCUT2D eigenvalue weighted by atomic mass is 10.2. The molecule has 0 unspecified atom stereocenters. The van der Waals surface area contributed by atoms with Crippen molar-refractivity contribution in [1.29, 1.82) is 0 Å². The normalized spacial score (nSPS) is 10.0. The first-order valence-corrected chi connectivity index (χ1v) is 5.98. The predicted molar refractivity (Wildman–Crippen MR) is 76.8 cm³/mol. The average molecular weight is 277 g/mol. The van der Waals surface area contributed by atoms with Crippen LogP contribution in [0.5, 0.6) is 5.75 Å². The minimum Gasteiger partial charge on any atom is -0.497 e. The molecular formula is C14H13ClN2O2. The second kappa shape index (κ2) is 5.63. The molecule has 2 aromatic rings. The number of nitrogen functional groups attached to an aromatic ring is 1. The van der Waals surface area contributed by atoms with Crippen molar-refractivity contribution < 1.29 is 9.53 Å². The van der Waals surface area contributed by atoms with Gasteiger partial charge in [0.25, 0.3) is 5.91 Å². The highest BCUT2D eigenvalue weighted by Crippen LogP contribution is 2.22. The molecule has 0 fully saturated rings. The van der Waals surface area contributed by atoms with Crippen LogP contribution in [0.15, 0.2) is 42.5 Å². The maximum absolute atomic E-state index is 12.1. The Morgan fingerprint density at radius 1 is 1.26 bits per heavy atom. The maximum atomic E-state index is 12.1.